The topological polar surface area (TPSA) is 84.9 Å². The van der Waals surface area contributed by atoms with Crippen LogP contribution in [0.15, 0.2) is 4.99 Å². The maximum absolute atomic E-state index is 10.0. The zero-order valence-corrected chi connectivity index (χ0v) is 7.93. The predicted molar refractivity (Wildman–Crippen MR) is 49.8 cm³/mol. The number of hydrogen-bond donors (Lipinski definition) is 2. The highest BCUT2D eigenvalue weighted by Gasteiger charge is 2.14. The minimum atomic E-state index is -0.931. The van der Waals surface area contributed by atoms with E-state index in [1.54, 1.807) is 13.8 Å². The van der Waals surface area contributed by atoms with Gasteiger partial charge < -0.3 is 15.6 Å². The SMILES string of the molecule is C1=NCCO1.CC(C)[C@H](N)C(=O)O. The first kappa shape index (κ1) is 11.9. The van der Waals surface area contributed by atoms with Gasteiger partial charge in [0.25, 0.3) is 0 Å². The molecule has 0 amide bonds. The Bertz CT molecular complexity index is 174. The number of nitrogens with two attached hydrogens (primary N) is 1. The lowest BCUT2D eigenvalue weighted by Gasteiger charge is -2.07. The van der Waals surface area contributed by atoms with Crippen molar-refractivity contribution in [3.8, 4) is 0 Å². The Labute approximate surface area is 77.6 Å². The van der Waals surface area contributed by atoms with Crippen molar-refractivity contribution in [1.82, 2.24) is 0 Å². The van der Waals surface area contributed by atoms with Crippen LogP contribution in [0, 0.1) is 5.92 Å². The fourth-order valence-corrected chi connectivity index (χ4v) is 0.549. The number of nitrogens with zero attached hydrogens (tertiary/aromatic N) is 1. The van der Waals surface area contributed by atoms with Crippen LogP contribution >= 0.6 is 0 Å². The molecule has 0 aromatic rings. The lowest BCUT2D eigenvalue weighted by Crippen LogP contribution is -2.34. The van der Waals surface area contributed by atoms with E-state index in [9.17, 15) is 4.79 Å². The summed E-state index contributed by atoms with van der Waals surface area (Å²) in [6, 6.07) is -0.713. The van der Waals surface area contributed by atoms with Crippen LogP contribution in [0.25, 0.3) is 0 Å². The van der Waals surface area contributed by atoms with E-state index in [4.69, 9.17) is 10.8 Å². The monoisotopic (exact) mass is 188 g/mol. The fourth-order valence-electron chi connectivity index (χ4n) is 0.549. The van der Waals surface area contributed by atoms with Crippen molar-refractivity contribution >= 4 is 12.4 Å². The van der Waals surface area contributed by atoms with E-state index in [0.29, 0.717) is 0 Å². The van der Waals surface area contributed by atoms with Crippen LogP contribution in [0.4, 0.5) is 0 Å². The van der Waals surface area contributed by atoms with Crippen molar-refractivity contribution < 1.29 is 14.6 Å². The summed E-state index contributed by atoms with van der Waals surface area (Å²) in [6.07, 6.45) is 1.49. The Morgan fingerprint density at radius 1 is 1.69 bits per heavy atom. The zero-order chi connectivity index (χ0) is 10.3. The van der Waals surface area contributed by atoms with E-state index in [1.165, 1.54) is 6.40 Å². The molecule has 0 bridgehead atoms. The highest BCUT2D eigenvalue weighted by Crippen LogP contribution is 1.96. The van der Waals surface area contributed by atoms with Crippen molar-refractivity contribution in [1.29, 1.82) is 0 Å². The third-order valence-electron chi connectivity index (χ3n) is 1.49. The first-order chi connectivity index (χ1) is 6.05. The number of rotatable bonds is 2. The van der Waals surface area contributed by atoms with E-state index < -0.39 is 12.0 Å². The van der Waals surface area contributed by atoms with Gasteiger partial charge in [-0.15, -0.1) is 0 Å². The Morgan fingerprint density at radius 2 is 2.31 bits per heavy atom. The molecule has 1 atom stereocenters. The molecule has 3 N–H and O–H groups in total. The second-order valence-electron chi connectivity index (χ2n) is 2.99. The van der Waals surface area contributed by atoms with Crippen LogP contribution in [0.3, 0.4) is 0 Å². The molecule has 0 saturated heterocycles. The molecule has 0 unspecified atom stereocenters. The van der Waals surface area contributed by atoms with Crippen molar-refractivity contribution in [2.24, 2.45) is 16.6 Å². The van der Waals surface area contributed by atoms with E-state index in [-0.39, 0.29) is 5.92 Å². The summed E-state index contributed by atoms with van der Waals surface area (Å²) < 4.78 is 4.65. The summed E-state index contributed by atoms with van der Waals surface area (Å²) in [5, 5.41) is 8.23. The molecule has 1 rings (SSSR count). The zero-order valence-electron chi connectivity index (χ0n) is 7.93. The lowest BCUT2D eigenvalue weighted by molar-refractivity contribution is -0.139. The van der Waals surface area contributed by atoms with Gasteiger partial charge in [0, 0.05) is 0 Å². The van der Waals surface area contributed by atoms with Crippen LogP contribution in [-0.2, 0) is 9.53 Å². The number of carbonyl (C=O) groups is 1. The van der Waals surface area contributed by atoms with E-state index in [2.05, 4.69) is 9.73 Å². The van der Waals surface area contributed by atoms with Gasteiger partial charge in [0.1, 0.15) is 12.6 Å². The standard InChI is InChI=1S/C5H11NO2.C3H5NO/c1-3(2)4(6)5(7)8;1-2-5-3-4-1/h3-4H,6H2,1-2H3,(H,7,8);3H,1-2H2/t4-;/m0./s1. The molecule has 0 fully saturated rings. The summed E-state index contributed by atoms with van der Waals surface area (Å²) in [7, 11) is 0. The average Bonchev–Trinajstić information content (AvgIpc) is 2.59. The van der Waals surface area contributed by atoms with Crippen molar-refractivity contribution in [3.05, 3.63) is 0 Å². The minimum absolute atomic E-state index is 0.0208. The summed E-state index contributed by atoms with van der Waals surface area (Å²) in [5.41, 5.74) is 5.16. The molecule has 0 aromatic carbocycles. The molecule has 1 aliphatic rings. The molecule has 1 heterocycles. The Morgan fingerprint density at radius 3 is 2.38 bits per heavy atom. The number of hydrogen-bond acceptors (Lipinski definition) is 4. The summed E-state index contributed by atoms with van der Waals surface area (Å²) in [5.74, 6) is -0.910. The molecule has 0 aliphatic carbocycles. The molecule has 5 nitrogen and oxygen atoms in total. The second-order valence-corrected chi connectivity index (χ2v) is 2.99. The molecular weight excluding hydrogens is 172 g/mol. The number of ether oxygens (including phenoxy) is 1. The second kappa shape index (κ2) is 6.42. The third-order valence-corrected chi connectivity index (χ3v) is 1.49. The number of aliphatic imine (C=N–C) groups is 1. The normalized spacial score (nSPS) is 16.0. The molecule has 0 saturated carbocycles. The van der Waals surface area contributed by atoms with E-state index in [0.717, 1.165) is 13.2 Å². The van der Waals surface area contributed by atoms with Gasteiger partial charge in [0.05, 0.1) is 6.54 Å². The van der Waals surface area contributed by atoms with Crippen molar-refractivity contribution in [3.63, 3.8) is 0 Å². The highest BCUT2D eigenvalue weighted by molar-refractivity contribution is 5.73. The molecule has 13 heavy (non-hydrogen) atoms. The molecule has 5 heteroatoms. The summed E-state index contributed by atoms with van der Waals surface area (Å²) in [4.78, 5) is 13.8. The average molecular weight is 188 g/mol. The Kier molecular flexibility index (Phi) is 5.88. The van der Waals surface area contributed by atoms with Crippen LogP contribution < -0.4 is 5.73 Å². The predicted octanol–water partition coefficient (Wildman–Crippen LogP) is 0.0992. The van der Waals surface area contributed by atoms with Crippen LogP contribution in [-0.4, -0.2) is 36.7 Å². The minimum Gasteiger partial charge on any atom is -0.482 e. The quantitative estimate of drug-likeness (QED) is 0.643. The molecule has 76 valence electrons. The molecule has 0 radical (unpaired) electrons. The first-order valence-corrected chi connectivity index (χ1v) is 4.14. The van der Waals surface area contributed by atoms with Gasteiger partial charge in [-0.1, -0.05) is 13.8 Å². The number of carboxylic acid groups (broad SMARTS) is 1. The maximum atomic E-state index is 10.0. The van der Waals surface area contributed by atoms with E-state index >= 15 is 0 Å². The van der Waals surface area contributed by atoms with Gasteiger partial charge in [0.2, 0.25) is 0 Å². The van der Waals surface area contributed by atoms with Crippen LogP contribution in [0.2, 0.25) is 0 Å². The van der Waals surface area contributed by atoms with Gasteiger partial charge in [-0.25, -0.2) is 0 Å². The lowest BCUT2D eigenvalue weighted by atomic mass is 10.1. The highest BCUT2D eigenvalue weighted by atomic mass is 16.5. The van der Waals surface area contributed by atoms with Gasteiger partial charge >= 0.3 is 5.97 Å². The molecular formula is C8H16N2O3. The number of aliphatic carboxylic acids is 1. The van der Waals surface area contributed by atoms with Gasteiger partial charge in [-0.05, 0) is 5.92 Å². The van der Waals surface area contributed by atoms with E-state index in [1.807, 2.05) is 0 Å². The molecule has 0 spiro atoms. The maximum Gasteiger partial charge on any atom is 0.320 e. The number of carboxylic acids is 1. The van der Waals surface area contributed by atoms with Gasteiger partial charge in [-0.2, -0.15) is 0 Å². The van der Waals surface area contributed by atoms with Crippen molar-refractivity contribution in [2.75, 3.05) is 13.2 Å². The van der Waals surface area contributed by atoms with Crippen LogP contribution in [0.5, 0.6) is 0 Å². The largest absolute Gasteiger partial charge is 0.482 e. The molecule has 0 aromatic heterocycles. The summed E-state index contributed by atoms with van der Waals surface area (Å²) in [6.45, 7) is 5.18. The van der Waals surface area contributed by atoms with Crippen LogP contribution in [0.1, 0.15) is 13.8 Å². The van der Waals surface area contributed by atoms with Gasteiger partial charge in [0.15, 0.2) is 6.40 Å². The third kappa shape index (κ3) is 6.10. The summed E-state index contributed by atoms with van der Waals surface area (Å²) >= 11 is 0. The first-order valence-electron chi connectivity index (χ1n) is 4.14. The molecule has 1 aliphatic heterocycles. The van der Waals surface area contributed by atoms with Crippen molar-refractivity contribution in [2.45, 2.75) is 19.9 Å². The fraction of sp³-hybridized carbons (Fsp3) is 0.750. The Hall–Kier alpha value is -1.10. The van der Waals surface area contributed by atoms with Gasteiger partial charge in [-0.3, -0.25) is 9.79 Å². The smallest absolute Gasteiger partial charge is 0.320 e. The Balaban J connectivity index is 0.000000243.